The van der Waals surface area contributed by atoms with Crippen molar-refractivity contribution in [2.45, 2.75) is 19.9 Å². The predicted octanol–water partition coefficient (Wildman–Crippen LogP) is 4.38. The monoisotopic (exact) mass is 467 g/mol. The Bertz CT molecular complexity index is 1510. The lowest BCUT2D eigenvalue weighted by Crippen LogP contribution is -2.23. The van der Waals surface area contributed by atoms with Crippen LogP contribution in [-0.4, -0.2) is 25.9 Å². The van der Waals surface area contributed by atoms with Gasteiger partial charge in [0.15, 0.2) is 0 Å². The summed E-state index contributed by atoms with van der Waals surface area (Å²) in [4.78, 5) is 15.4. The fraction of sp³-hybridized carbons (Fsp3) is 0.111. The summed E-state index contributed by atoms with van der Waals surface area (Å²) in [6.45, 7) is 2.44. The summed E-state index contributed by atoms with van der Waals surface area (Å²) in [6, 6.07) is 21.3. The second-order valence-corrected chi connectivity index (χ2v) is 8.01. The van der Waals surface area contributed by atoms with Crippen molar-refractivity contribution in [1.29, 1.82) is 0 Å². The van der Waals surface area contributed by atoms with E-state index in [1.807, 2.05) is 55.5 Å². The molecule has 0 saturated carbocycles. The number of carbonyl (C=O) groups excluding carboxylic acids is 1. The Morgan fingerprint density at radius 2 is 1.77 bits per heavy atom. The van der Waals surface area contributed by atoms with Gasteiger partial charge in [0.2, 0.25) is 5.82 Å². The van der Waals surface area contributed by atoms with Crippen LogP contribution in [0.5, 0.6) is 0 Å². The van der Waals surface area contributed by atoms with Crippen molar-refractivity contribution < 1.29 is 18.8 Å². The third-order valence-corrected chi connectivity index (χ3v) is 5.73. The van der Waals surface area contributed by atoms with Crippen LogP contribution in [0.15, 0.2) is 83.5 Å². The van der Waals surface area contributed by atoms with Crippen LogP contribution in [0.25, 0.3) is 34.0 Å². The van der Waals surface area contributed by atoms with Gasteiger partial charge in [-0.3, -0.25) is 4.68 Å². The van der Waals surface area contributed by atoms with Crippen molar-refractivity contribution in [2.24, 2.45) is 0 Å². The van der Waals surface area contributed by atoms with Gasteiger partial charge in [0, 0.05) is 22.9 Å². The van der Waals surface area contributed by atoms with Crippen molar-refractivity contribution in [1.82, 2.24) is 19.9 Å². The largest absolute Gasteiger partial charge is 0.543 e. The Morgan fingerprint density at radius 1 is 1.00 bits per heavy atom. The van der Waals surface area contributed by atoms with Crippen LogP contribution in [0, 0.1) is 5.82 Å². The smallest absolute Gasteiger partial charge is 0.258 e. The molecule has 35 heavy (non-hydrogen) atoms. The van der Waals surface area contributed by atoms with Crippen LogP contribution in [-0.2, 0) is 13.0 Å². The molecule has 7 nitrogen and oxygen atoms in total. The Kier molecular flexibility index (Phi) is 5.93. The molecular weight excluding hydrogens is 447 g/mol. The summed E-state index contributed by atoms with van der Waals surface area (Å²) in [5.74, 6) is -0.739. The van der Waals surface area contributed by atoms with Crippen molar-refractivity contribution in [3.05, 3.63) is 102 Å². The van der Waals surface area contributed by atoms with Gasteiger partial charge in [0.05, 0.1) is 12.5 Å². The number of benzene rings is 3. The molecule has 0 amide bonds. The van der Waals surface area contributed by atoms with Gasteiger partial charge in [0.1, 0.15) is 11.5 Å². The molecule has 3 aromatic carbocycles. The minimum Gasteiger partial charge on any atom is -0.543 e. The fourth-order valence-electron chi connectivity index (χ4n) is 3.92. The van der Waals surface area contributed by atoms with E-state index in [0.29, 0.717) is 23.8 Å². The third-order valence-electron chi connectivity index (χ3n) is 5.73. The van der Waals surface area contributed by atoms with Gasteiger partial charge < -0.3 is 14.4 Å². The Hall–Kier alpha value is -4.59. The first-order chi connectivity index (χ1) is 17.0. The molecule has 0 aliphatic heterocycles. The van der Waals surface area contributed by atoms with Gasteiger partial charge in [-0.05, 0) is 47.4 Å². The molecule has 0 unspecified atom stereocenters. The highest BCUT2D eigenvalue weighted by Crippen LogP contribution is 2.31. The number of halogens is 1. The van der Waals surface area contributed by atoms with E-state index in [1.165, 1.54) is 16.8 Å². The van der Waals surface area contributed by atoms with Crippen molar-refractivity contribution in [2.75, 3.05) is 0 Å². The number of aromatic carboxylic acids is 1. The van der Waals surface area contributed by atoms with Crippen LogP contribution in [0.1, 0.15) is 28.5 Å². The van der Waals surface area contributed by atoms with E-state index < -0.39 is 5.97 Å². The molecule has 0 aliphatic carbocycles. The quantitative estimate of drug-likeness (QED) is 0.352. The first kappa shape index (κ1) is 22.2. The van der Waals surface area contributed by atoms with E-state index in [9.17, 15) is 14.3 Å². The zero-order valence-corrected chi connectivity index (χ0v) is 18.8. The van der Waals surface area contributed by atoms with Crippen LogP contribution < -0.4 is 5.11 Å². The van der Waals surface area contributed by atoms with Gasteiger partial charge in [0.25, 0.3) is 5.89 Å². The fourth-order valence-corrected chi connectivity index (χ4v) is 3.92. The van der Waals surface area contributed by atoms with Crippen molar-refractivity contribution >= 4 is 5.97 Å². The normalized spacial score (nSPS) is 11.0. The number of rotatable bonds is 7. The summed E-state index contributed by atoms with van der Waals surface area (Å²) >= 11 is 0. The van der Waals surface area contributed by atoms with Crippen molar-refractivity contribution in [3.63, 3.8) is 0 Å². The molecular formula is C27H20FN4O3-. The first-order valence-electron chi connectivity index (χ1n) is 11.1. The molecule has 0 aliphatic rings. The zero-order chi connectivity index (χ0) is 24.4. The van der Waals surface area contributed by atoms with Crippen LogP contribution >= 0.6 is 0 Å². The third kappa shape index (κ3) is 4.59. The number of aromatic nitrogens is 4. The van der Waals surface area contributed by atoms with E-state index in [4.69, 9.17) is 4.52 Å². The average Bonchev–Trinajstić information content (AvgIpc) is 3.55. The Balaban J connectivity index is 1.36. The maximum atomic E-state index is 14.3. The number of nitrogens with zero attached hydrogens (tertiary/aromatic N) is 4. The minimum absolute atomic E-state index is 0.103. The number of carboxylic acid groups (broad SMARTS) is 1. The standard InChI is InChI=1S/C27H21FN4O3/c1-2-18-15-20(11-12-21(18)22-5-3-4-6-23(22)28)26-29-25(31-35-26)19-9-7-17(8-10-19)16-32-14-13-24(30-32)27(33)34/h3-15H,2,16H2,1H3,(H,33,34)/p-1. The lowest BCUT2D eigenvalue weighted by Gasteiger charge is -2.10. The van der Waals surface area contributed by atoms with Gasteiger partial charge in [-0.15, -0.1) is 0 Å². The van der Waals surface area contributed by atoms with Gasteiger partial charge >= 0.3 is 0 Å². The lowest BCUT2D eigenvalue weighted by molar-refractivity contribution is -0.255. The van der Waals surface area contributed by atoms with Gasteiger partial charge in [-0.25, -0.2) is 4.39 Å². The number of carboxylic acids is 1. The Morgan fingerprint density at radius 3 is 2.49 bits per heavy atom. The van der Waals surface area contributed by atoms with E-state index in [1.54, 1.807) is 18.3 Å². The summed E-state index contributed by atoms with van der Waals surface area (Å²) in [6.07, 6.45) is 2.31. The Labute approximate surface area is 200 Å². The highest BCUT2D eigenvalue weighted by Gasteiger charge is 2.14. The second kappa shape index (κ2) is 9.34. The molecule has 0 atom stereocenters. The molecule has 0 fully saturated rings. The molecule has 174 valence electrons. The van der Waals surface area contributed by atoms with Gasteiger partial charge in [-0.2, -0.15) is 10.1 Å². The van der Waals surface area contributed by atoms with E-state index in [0.717, 1.165) is 34.2 Å². The molecule has 0 N–H and O–H groups in total. The van der Waals surface area contributed by atoms with E-state index in [-0.39, 0.29) is 11.5 Å². The number of aryl methyl sites for hydroxylation is 1. The SMILES string of the molecule is CCc1cc(-c2nc(-c3ccc(Cn4ccc(C(=O)[O-])n4)cc3)no2)ccc1-c1ccccc1F. The summed E-state index contributed by atoms with van der Waals surface area (Å²) in [5.41, 5.74) is 4.76. The highest BCUT2D eigenvalue weighted by molar-refractivity contribution is 5.83. The molecule has 0 spiro atoms. The van der Waals surface area contributed by atoms with Gasteiger partial charge in [-0.1, -0.05) is 60.6 Å². The molecule has 5 rings (SSSR count). The molecule has 0 radical (unpaired) electrons. The molecule has 8 heteroatoms. The molecule has 0 bridgehead atoms. The summed E-state index contributed by atoms with van der Waals surface area (Å²) in [5, 5.41) is 19.0. The predicted molar refractivity (Wildman–Crippen MR) is 126 cm³/mol. The van der Waals surface area contributed by atoms with Crippen LogP contribution in [0.2, 0.25) is 0 Å². The summed E-state index contributed by atoms with van der Waals surface area (Å²) in [7, 11) is 0. The zero-order valence-electron chi connectivity index (χ0n) is 18.8. The molecule has 5 aromatic rings. The number of hydrogen-bond acceptors (Lipinski definition) is 6. The van der Waals surface area contributed by atoms with Crippen LogP contribution in [0.4, 0.5) is 4.39 Å². The minimum atomic E-state index is -1.31. The number of carbonyl (C=O) groups is 1. The number of hydrogen-bond donors (Lipinski definition) is 0. The first-order valence-corrected chi connectivity index (χ1v) is 11.1. The maximum Gasteiger partial charge on any atom is 0.258 e. The highest BCUT2D eigenvalue weighted by atomic mass is 19.1. The summed E-state index contributed by atoms with van der Waals surface area (Å²) < 4.78 is 21.4. The topological polar surface area (TPSA) is 96.9 Å². The van der Waals surface area contributed by atoms with E-state index >= 15 is 0 Å². The molecule has 2 aromatic heterocycles. The van der Waals surface area contributed by atoms with Crippen LogP contribution in [0.3, 0.4) is 0 Å². The van der Waals surface area contributed by atoms with Crippen molar-refractivity contribution in [3.8, 4) is 34.0 Å². The lowest BCUT2D eigenvalue weighted by atomic mass is 9.95. The maximum absolute atomic E-state index is 14.3. The molecule has 0 saturated heterocycles. The average molecular weight is 467 g/mol. The molecule has 2 heterocycles. The van der Waals surface area contributed by atoms with E-state index in [2.05, 4.69) is 15.2 Å². The second-order valence-electron chi connectivity index (χ2n) is 8.01.